The van der Waals surface area contributed by atoms with Crippen molar-refractivity contribution in [2.45, 2.75) is 25.8 Å². The van der Waals surface area contributed by atoms with Crippen LogP contribution < -0.4 is 5.32 Å². The Kier molecular flexibility index (Phi) is 7.02. The lowest BCUT2D eigenvalue weighted by Gasteiger charge is -2.11. The lowest BCUT2D eigenvalue weighted by atomic mass is 10.2. The minimum absolute atomic E-state index is 0.263. The van der Waals surface area contributed by atoms with Crippen LogP contribution in [0.5, 0.6) is 0 Å². The largest absolute Gasteiger partial charge is 0.312 e. The minimum atomic E-state index is -0.733. The standard InChI is InChI=1S/C8H16N2OS/c1-3-8(4-5-9)10-6-7-12(2)11/h8,10H,3-4,6-7H2,1-2H3. The number of nitrogens with zero attached hydrogens (tertiary/aromatic N) is 1. The van der Waals surface area contributed by atoms with E-state index in [4.69, 9.17) is 5.26 Å². The lowest BCUT2D eigenvalue weighted by Crippen LogP contribution is -2.31. The quantitative estimate of drug-likeness (QED) is 0.665. The van der Waals surface area contributed by atoms with Crippen LogP contribution in [0.1, 0.15) is 19.8 Å². The van der Waals surface area contributed by atoms with Crippen molar-refractivity contribution >= 4 is 10.8 Å². The summed E-state index contributed by atoms with van der Waals surface area (Å²) in [5.74, 6) is 0.669. The molecule has 0 bridgehead atoms. The molecule has 70 valence electrons. The summed E-state index contributed by atoms with van der Waals surface area (Å²) in [5, 5.41) is 11.6. The predicted octanol–water partition coefficient (Wildman–Crippen LogP) is 0.647. The Morgan fingerprint density at radius 1 is 1.67 bits per heavy atom. The van der Waals surface area contributed by atoms with Gasteiger partial charge < -0.3 is 5.32 Å². The van der Waals surface area contributed by atoms with E-state index in [1.165, 1.54) is 0 Å². The summed E-state index contributed by atoms with van der Waals surface area (Å²) in [6.07, 6.45) is 3.17. The average Bonchev–Trinajstić information content (AvgIpc) is 2.02. The second kappa shape index (κ2) is 7.26. The maximum atomic E-state index is 10.7. The Morgan fingerprint density at radius 3 is 2.75 bits per heavy atom. The maximum absolute atomic E-state index is 10.7. The molecule has 0 aromatic rings. The van der Waals surface area contributed by atoms with Gasteiger partial charge in [0.2, 0.25) is 0 Å². The number of hydrogen-bond donors (Lipinski definition) is 1. The molecule has 0 saturated heterocycles. The summed E-state index contributed by atoms with van der Waals surface area (Å²) in [4.78, 5) is 0. The van der Waals surface area contributed by atoms with Gasteiger partial charge in [-0.3, -0.25) is 4.21 Å². The fourth-order valence-corrected chi connectivity index (χ4v) is 1.28. The normalized spacial score (nSPS) is 15.1. The van der Waals surface area contributed by atoms with Crippen LogP contribution in [-0.4, -0.2) is 28.8 Å². The van der Waals surface area contributed by atoms with E-state index in [1.54, 1.807) is 6.26 Å². The smallest absolute Gasteiger partial charge is 0.0638 e. The molecule has 0 aliphatic carbocycles. The monoisotopic (exact) mass is 188 g/mol. The minimum Gasteiger partial charge on any atom is -0.312 e. The van der Waals surface area contributed by atoms with Gasteiger partial charge in [0, 0.05) is 35.4 Å². The van der Waals surface area contributed by atoms with Gasteiger partial charge in [0.25, 0.3) is 0 Å². The van der Waals surface area contributed by atoms with Crippen molar-refractivity contribution in [2.24, 2.45) is 0 Å². The van der Waals surface area contributed by atoms with Crippen molar-refractivity contribution in [1.82, 2.24) is 5.32 Å². The van der Waals surface area contributed by atoms with Crippen LogP contribution in [0.4, 0.5) is 0 Å². The molecule has 0 rings (SSSR count). The first-order chi connectivity index (χ1) is 5.70. The number of nitrogens with one attached hydrogen (secondary N) is 1. The first-order valence-corrected chi connectivity index (χ1v) is 5.83. The molecule has 0 aliphatic rings. The molecule has 2 unspecified atom stereocenters. The highest BCUT2D eigenvalue weighted by molar-refractivity contribution is 7.84. The predicted molar refractivity (Wildman–Crippen MR) is 51.2 cm³/mol. The van der Waals surface area contributed by atoms with Crippen LogP contribution in [0.2, 0.25) is 0 Å². The molecule has 0 aliphatic heterocycles. The van der Waals surface area contributed by atoms with Crippen LogP contribution in [-0.2, 0) is 10.8 Å². The highest BCUT2D eigenvalue weighted by Gasteiger charge is 2.03. The maximum Gasteiger partial charge on any atom is 0.0638 e. The van der Waals surface area contributed by atoms with Gasteiger partial charge in [-0.05, 0) is 6.42 Å². The first kappa shape index (κ1) is 11.6. The van der Waals surface area contributed by atoms with Crippen LogP contribution in [0, 0.1) is 11.3 Å². The van der Waals surface area contributed by atoms with Gasteiger partial charge in [0.15, 0.2) is 0 Å². The van der Waals surface area contributed by atoms with E-state index in [0.29, 0.717) is 12.2 Å². The number of rotatable bonds is 6. The highest BCUT2D eigenvalue weighted by atomic mass is 32.2. The van der Waals surface area contributed by atoms with E-state index in [0.717, 1.165) is 13.0 Å². The zero-order valence-corrected chi connectivity index (χ0v) is 8.49. The molecule has 0 amide bonds. The van der Waals surface area contributed by atoms with Gasteiger partial charge in [-0.25, -0.2) is 0 Å². The molecule has 0 heterocycles. The second-order valence-electron chi connectivity index (χ2n) is 2.70. The van der Waals surface area contributed by atoms with Crippen molar-refractivity contribution in [1.29, 1.82) is 5.26 Å². The number of nitriles is 1. The summed E-state index contributed by atoms with van der Waals surface area (Å²) in [5.41, 5.74) is 0. The van der Waals surface area contributed by atoms with E-state index in [2.05, 4.69) is 11.4 Å². The molecule has 3 nitrogen and oxygen atoms in total. The second-order valence-corrected chi connectivity index (χ2v) is 4.25. The van der Waals surface area contributed by atoms with Crippen LogP contribution in [0.3, 0.4) is 0 Å². The third kappa shape index (κ3) is 6.32. The Balaban J connectivity index is 3.45. The lowest BCUT2D eigenvalue weighted by molar-refractivity contribution is 0.522. The SMILES string of the molecule is CCC(CC#N)NCCS(C)=O. The van der Waals surface area contributed by atoms with Gasteiger partial charge in [-0.1, -0.05) is 6.92 Å². The molecule has 0 radical (unpaired) electrons. The summed E-state index contributed by atoms with van der Waals surface area (Å²) < 4.78 is 10.7. The first-order valence-electron chi connectivity index (χ1n) is 4.11. The van der Waals surface area contributed by atoms with Gasteiger partial charge in [-0.2, -0.15) is 5.26 Å². The molecule has 0 fully saturated rings. The summed E-state index contributed by atoms with van der Waals surface area (Å²) in [6.45, 7) is 2.78. The van der Waals surface area contributed by atoms with Crippen LogP contribution in [0.25, 0.3) is 0 Å². The van der Waals surface area contributed by atoms with Gasteiger partial charge in [0.05, 0.1) is 12.5 Å². The number of hydrogen-bond acceptors (Lipinski definition) is 3. The fourth-order valence-electron chi connectivity index (χ4n) is 0.878. The summed E-state index contributed by atoms with van der Waals surface area (Å²) >= 11 is 0. The van der Waals surface area contributed by atoms with Gasteiger partial charge >= 0.3 is 0 Å². The topological polar surface area (TPSA) is 52.9 Å². The molecule has 0 saturated carbocycles. The van der Waals surface area contributed by atoms with Crippen molar-refractivity contribution < 1.29 is 4.21 Å². The third-order valence-corrected chi connectivity index (χ3v) is 2.43. The molecule has 0 spiro atoms. The third-order valence-electron chi connectivity index (χ3n) is 1.65. The van der Waals surface area contributed by atoms with Gasteiger partial charge in [0.1, 0.15) is 0 Å². The highest BCUT2D eigenvalue weighted by Crippen LogP contribution is 1.94. The molecule has 2 atom stereocenters. The van der Waals surface area contributed by atoms with E-state index in [9.17, 15) is 4.21 Å². The van der Waals surface area contributed by atoms with Crippen molar-refractivity contribution in [3.8, 4) is 6.07 Å². The molecule has 4 heteroatoms. The summed E-state index contributed by atoms with van der Waals surface area (Å²) in [6, 6.07) is 2.38. The molecular weight excluding hydrogens is 172 g/mol. The van der Waals surface area contributed by atoms with Crippen molar-refractivity contribution in [2.75, 3.05) is 18.6 Å². The van der Waals surface area contributed by atoms with E-state index >= 15 is 0 Å². The van der Waals surface area contributed by atoms with Crippen LogP contribution >= 0.6 is 0 Å². The molecule has 1 N–H and O–H groups in total. The zero-order chi connectivity index (χ0) is 9.40. The van der Waals surface area contributed by atoms with E-state index in [-0.39, 0.29) is 6.04 Å². The van der Waals surface area contributed by atoms with Crippen molar-refractivity contribution in [3.63, 3.8) is 0 Å². The van der Waals surface area contributed by atoms with Crippen molar-refractivity contribution in [3.05, 3.63) is 0 Å². The van der Waals surface area contributed by atoms with Crippen LogP contribution in [0.15, 0.2) is 0 Å². The molecule has 12 heavy (non-hydrogen) atoms. The zero-order valence-electron chi connectivity index (χ0n) is 7.67. The Labute approximate surface area is 76.6 Å². The summed E-state index contributed by atoms with van der Waals surface area (Å²) in [7, 11) is -0.733. The Hall–Kier alpha value is -0.400. The molecule has 0 aromatic carbocycles. The fraction of sp³-hybridized carbons (Fsp3) is 0.875. The van der Waals surface area contributed by atoms with E-state index < -0.39 is 10.8 Å². The average molecular weight is 188 g/mol. The Bertz CT molecular complexity index is 176. The molecular formula is C8H16N2OS. The van der Waals surface area contributed by atoms with Gasteiger partial charge in [-0.15, -0.1) is 0 Å². The van der Waals surface area contributed by atoms with E-state index in [1.807, 2.05) is 6.92 Å². The Morgan fingerprint density at radius 2 is 2.33 bits per heavy atom. The molecule has 0 aromatic heterocycles.